The van der Waals surface area contributed by atoms with E-state index in [4.69, 9.17) is 0 Å². The van der Waals surface area contributed by atoms with Gasteiger partial charge in [-0.25, -0.2) is 0 Å². The van der Waals surface area contributed by atoms with Crippen molar-refractivity contribution in [2.75, 3.05) is 5.75 Å². The molecule has 1 heteroatoms. The van der Waals surface area contributed by atoms with Crippen LogP contribution in [0.15, 0.2) is 12.7 Å². The fourth-order valence-corrected chi connectivity index (χ4v) is 0. The van der Waals surface area contributed by atoms with Gasteiger partial charge in [0.25, 0.3) is 0 Å². The van der Waals surface area contributed by atoms with E-state index in [-0.39, 0.29) is 0 Å². The molecule has 0 aliphatic carbocycles. The van der Waals surface area contributed by atoms with Crippen LogP contribution in [0.4, 0.5) is 0 Å². The lowest BCUT2D eigenvalue weighted by molar-refractivity contribution is 1.85. The topological polar surface area (TPSA) is 0 Å². The van der Waals surface area contributed by atoms with Crippen molar-refractivity contribution < 1.29 is 0 Å². The van der Waals surface area contributed by atoms with Gasteiger partial charge in [0.15, 0.2) is 0 Å². The molecular weight excluding hydrogens is 68.1 g/mol. The van der Waals surface area contributed by atoms with Gasteiger partial charge in [-0.15, -0.1) is 6.58 Å². The molecule has 0 saturated heterocycles. The predicted molar refractivity (Wildman–Crippen MR) is 22.7 cm³/mol. The van der Waals surface area contributed by atoms with E-state index in [0.717, 1.165) is 0 Å². The van der Waals surface area contributed by atoms with E-state index < -0.39 is 0 Å². The van der Waals surface area contributed by atoms with Crippen molar-refractivity contribution in [3.8, 4) is 0 Å². The summed E-state index contributed by atoms with van der Waals surface area (Å²) in [5.74, 6) is 0.667. The third-order valence-corrected chi connectivity index (χ3v) is 0.354. The Labute approximate surface area is 31.9 Å². The normalized spacial score (nSPS) is 6.25. The standard InChI is InChI=1S/C3H5S/c1-2-3-4/h2H,1,3H2. The van der Waals surface area contributed by atoms with E-state index in [1.807, 2.05) is 0 Å². The van der Waals surface area contributed by atoms with Gasteiger partial charge < -0.3 is 0 Å². The summed E-state index contributed by atoms with van der Waals surface area (Å²) in [7, 11) is 0. The smallest absolute Gasteiger partial charge is 0.0215 e. The first-order valence-corrected chi connectivity index (χ1v) is 1.68. The van der Waals surface area contributed by atoms with Gasteiger partial charge in [0.05, 0.1) is 0 Å². The fourth-order valence-electron chi connectivity index (χ4n) is 0. The average molecular weight is 73.1 g/mol. The van der Waals surface area contributed by atoms with Crippen LogP contribution in [0, 0.1) is 0 Å². The summed E-state index contributed by atoms with van der Waals surface area (Å²) < 4.78 is 0. The first-order valence-electron chi connectivity index (χ1n) is 1.11. The molecule has 0 unspecified atom stereocenters. The van der Waals surface area contributed by atoms with Crippen molar-refractivity contribution in [1.82, 2.24) is 0 Å². The Balaban J connectivity index is 2.30. The summed E-state index contributed by atoms with van der Waals surface area (Å²) in [6.07, 6.45) is 1.69. The number of hydrogen-bond acceptors (Lipinski definition) is 0. The lowest BCUT2D eigenvalue weighted by Gasteiger charge is -1.55. The van der Waals surface area contributed by atoms with Crippen molar-refractivity contribution in [3.63, 3.8) is 0 Å². The Morgan fingerprint density at radius 3 is 2.25 bits per heavy atom. The highest BCUT2D eigenvalue weighted by molar-refractivity contribution is 7.80. The zero-order valence-corrected chi connectivity index (χ0v) is 3.22. The molecule has 0 fully saturated rings. The average Bonchev–Trinajstić information content (AvgIpc) is 1.37. The lowest BCUT2D eigenvalue weighted by Crippen LogP contribution is -1.45. The van der Waals surface area contributed by atoms with Crippen LogP contribution in [0.2, 0.25) is 0 Å². The van der Waals surface area contributed by atoms with Crippen molar-refractivity contribution in [1.29, 1.82) is 0 Å². The second-order valence-corrected chi connectivity index (χ2v) is 0.789. The molecule has 0 N–H and O–H groups in total. The molecule has 0 nitrogen and oxygen atoms in total. The molecule has 0 aromatic heterocycles. The van der Waals surface area contributed by atoms with Crippen LogP contribution in [0.3, 0.4) is 0 Å². The molecule has 0 atom stereocenters. The maximum absolute atomic E-state index is 4.44. The molecule has 0 aliphatic heterocycles. The van der Waals surface area contributed by atoms with E-state index >= 15 is 0 Å². The lowest BCUT2D eigenvalue weighted by atomic mass is 10.8. The molecule has 23 valence electrons. The van der Waals surface area contributed by atoms with Gasteiger partial charge in [0.2, 0.25) is 0 Å². The minimum atomic E-state index is 0.667. The van der Waals surface area contributed by atoms with Crippen LogP contribution in [0.1, 0.15) is 0 Å². The largest absolute Gasteiger partial charge is 0.102 e. The summed E-state index contributed by atoms with van der Waals surface area (Å²) in [6, 6.07) is 0. The monoisotopic (exact) mass is 73.0 g/mol. The number of rotatable bonds is 1. The first-order chi connectivity index (χ1) is 1.91. The molecule has 0 aliphatic rings. The molecule has 0 bridgehead atoms. The summed E-state index contributed by atoms with van der Waals surface area (Å²) in [4.78, 5) is 0. The summed E-state index contributed by atoms with van der Waals surface area (Å²) in [5.41, 5.74) is 0. The maximum atomic E-state index is 4.44. The zero-order valence-electron chi connectivity index (χ0n) is 2.40. The molecule has 0 aromatic rings. The molecule has 0 rings (SSSR count). The van der Waals surface area contributed by atoms with E-state index in [9.17, 15) is 0 Å². The highest BCUT2D eigenvalue weighted by atomic mass is 32.1. The SMILES string of the molecule is C=CC[S]. The minimum Gasteiger partial charge on any atom is -0.102 e. The maximum Gasteiger partial charge on any atom is 0.0215 e. The van der Waals surface area contributed by atoms with Gasteiger partial charge in [0, 0.05) is 5.75 Å². The van der Waals surface area contributed by atoms with E-state index in [0.29, 0.717) is 5.75 Å². The van der Waals surface area contributed by atoms with Gasteiger partial charge in [0.1, 0.15) is 0 Å². The highest BCUT2D eigenvalue weighted by Gasteiger charge is 1.47. The second kappa shape index (κ2) is 3.09. The molecular formula is C3H5S. The van der Waals surface area contributed by atoms with Crippen molar-refractivity contribution in [3.05, 3.63) is 12.7 Å². The van der Waals surface area contributed by atoms with E-state index in [1.165, 1.54) is 0 Å². The van der Waals surface area contributed by atoms with Gasteiger partial charge in [-0.05, 0) is 0 Å². The quantitative estimate of drug-likeness (QED) is 0.411. The molecule has 0 heterocycles. The molecule has 1 radical (unpaired) electrons. The van der Waals surface area contributed by atoms with E-state index in [1.54, 1.807) is 6.08 Å². The Kier molecular flexibility index (Phi) is 3.16. The molecule has 0 spiro atoms. The zero-order chi connectivity index (χ0) is 3.41. The van der Waals surface area contributed by atoms with Crippen LogP contribution in [-0.4, -0.2) is 5.75 Å². The third kappa shape index (κ3) is 2.09. The highest BCUT2D eigenvalue weighted by Crippen LogP contribution is 1.65. The van der Waals surface area contributed by atoms with Crippen LogP contribution >= 0.6 is 12.6 Å². The first kappa shape index (κ1) is 4.09. The van der Waals surface area contributed by atoms with Gasteiger partial charge in [-0.3, -0.25) is 0 Å². The summed E-state index contributed by atoms with van der Waals surface area (Å²) >= 11 is 4.44. The number of hydrogen-bond donors (Lipinski definition) is 0. The van der Waals surface area contributed by atoms with Gasteiger partial charge >= 0.3 is 0 Å². The summed E-state index contributed by atoms with van der Waals surface area (Å²) in [6.45, 7) is 3.38. The Hall–Kier alpha value is 0.0900. The van der Waals surface area contributed by atoms with Gasteiger partial charge in [-0.2, -0.15) is 0 Å². The predicted octanol–water partition coefficient (Wildman–Crippen LogP) is 1.37. The van der Waals surface area contributed by atoms with Crippen LogP contribution in [0.25, 0.3) is 0 Å². The van der Waals surface area contributed by atoms with Gasteiger partial charge in [-0.1, -0.05) is 18.7 Å². The van der Waals surface area contributed by atoms with Crippen LogP contribution < -0.4 is 0 Å². The fraction of sp³-hybridized carbons (Fsp3) is 0.333. The molecule has 0 amide bonds. The Bertz CT molecular complexity index is 17.2. The Morgan fingerprint density at radius 2 is 2.25 bits per heavy atom. The van der Waals surface area contributed by atoms with E-state index in [2.05, 4.69) is 19.2 Å². The summed E-state index contributed by atoms with van der Waals surface area (Å²) in [5, 5.41) is 0. The van der Waals surface area contributed by atoms with Crippen LogP contribution in [0.5, 0.6) is 0 Å². The molecule has 0 saturated carbocycles. The molecule has 0 aromatic carbocycles. The van der Waals surface area contributed by atoms with Crippen molar-refractivity contribution in [2.24, 2.45) is 0 Å². The third-order valence-electron chi connectivity index (χ3n) is 0.118. The van der Waals surface area contributed by atoms with Crippen molar-refractivity contribution >= 4 is 12.6 Å². The minimum absolute atomic E-state index is 0.667. The van der Waals surface area contributed by atoms with Crippen LogP contribution in [-0.2, 0) is 0 Å². The van der Waals surface area contributed by atoms with Crippen molar-refractivity contribution in [2.45, 2.75) is 0 Å². The molecule has 4 heavy (non-hydrogen) atoms. The Morgan fingerprint density at radius 1 is 2.00 bits per heavy atom. The second-order valence-electron chi connectivity index (χ2n) is 0.455.